The first-order valence-electron chi connectivity index (χ1n) is 7.03. The van der Waals surface area contributed by atoms with Crippen LogP contribution in [0.5, 0.6) is 0 Å². The van der Waals surface area contributed by atoms with E-state index in [2.05, 4.69) is 27.3 Å². The van der Waals surface area contributed by atoms with Gasteiger partial charge in [0.05, 0.1) is 12.7 Å². The average molecular weight is 291 g/mol. The Balaban J connectivity index is 1.89. The molecule has 1 heterocycles. The summed E-state index contributed by atoms with van der Waals surface area (Å²) < 4.78 is 4.66. The molecule has 0 aliphatic carbocycles. The Labute approximate surface area is 124 Å². The van der Waals surface area contributed by atoms with Crippen molar-refractivity contribution in [1.29, 1.82) is 0 Å². The van der Waals surface area contributed by atoms with Crippen LogP contribution in [-0.4, -0.2) is 50.2 Å². The van der Waals surface area contributed by atoms with Gasteiger partial charge in [-0.15, -0.1) is 0 Å². The van der Waals surface area contributed by atoms with Gasteiger partial charge in [-0.3, -0.25) is 0 Å². The molecule has 1 saturated heterocycles. The summed E-state index contributed by atoms with van der Waals surface area (Å²) in [6.07, 6.45) is 1.90. The van der Waals surface area contributed by atoms with E-state index in [9.17, 15) is 9.59 Å². The molecular weight excluding hydrogens is 270 g/mol. The third-order valence-corrected chi connectivity index (χ3v) is 3.60. The van der Waals surface area contributed by atoms with Crippen LogP contribution in [0, 0.1) is 0 Å². The highest BCUT2D eigenvalue weighted by Gasteiger charge is 2.18. The van der Waals surface area contributed by atoms with Crippen LogP contribution in [0.3, 0.4) is 0 Å². The zero-order valence-electron chi connectivity index (χ0n) is 12.4. The van der Waals surface area contributed by atoms with E-state index < -0.39 is 5.97 Å². The van der Waals surface area contributed by atoms with Crippen molar-refractivity contribution in [3.63, 3.8) is 0 Å². The quantitative estimate of drug-likeness (QED) is 0.831. The maximum absolute atomic E-state index is 12.0. The molecule has 0 unspecified atom stereocenters. The molecule has 2 rings (SSSR count). The maximum Gasteiger partial charge on any atom is 0.337 e. The molecule has 1 fully saturated rings. The Morgan fingerprint density at radius 3 is 2.67 bits per heavy atom. The van der Waals surface area contributed by atoms with Crippen molar-refractivity contribution >= 4 is 17.7 Å². The predicted molar refractivity (Wildman–Crippen MR) is 80.5 cm³/mol. The van der Waals surface area contributed by atoms with E-state index >= 15 is 0 Å². The molecule has 0 radical (unpaired) electrons. The molecule has 1 aliphatic heterocycles. The second-order valence-corrected chi connectivity index (χ2v) is 5.25. The lowest BCUT2D eigenvalue weighted by molar-refractivity contribution is 0.0600. The van der Waals surface area contributed by atoms with Gasteiger partial charge >= 0.3 is 12.0 Å². The van der Waals surface area contributed by atoms with Crippen LogP contribution < -0.4 is 10.6 Å². The van der Waals surface area contributed by atoms with Crippen LogP contribution >= 0.6 is 0 Å². The lowest BCUT2D eigenvalue weighted by atomic mass is 10.1. The fraction of sp³-hybridized carbons (Fsp3) is 0.467. The van der Waals surface area contributed by atoms with Gasteiger partial charge in [-0.1, -0.05) is 6.07 Å². The number of amides is 2. The first-order chi connectivity index (χ1) is 10.1. The highest BCUT2D eigenvalue weighted by atomic mass is 16.5. The van der Waals surface area contributed by atoms with E-state index in [0.717, 1.165) is 25.9 Å². The molecule has 0 atom stereocenters. The van der Waals surface area contributed by atoms with Crippen molar-refractivity contribution in [2.75, 3.05) is 32.6 Å². The van der Waals surface area contributed by atoms with Gasteiger partial charge in [0.25, 0.3) is 0 Å². The van der Waals surface area contributed by atoms with Crippen LogP contribution in [0.2, 0.25) is 0 Å². The number of rotatable bonds is 3. The second kappa shape index (κ2) is 7.08. The molecule has 21 heavy (non-hydrogen) atoms. The number of hydrogen-bond donors (Lipinski definition) is 2. The molecule has 6 heteroatoms. The molecule has 0 aromatic heterocycles. The van der Waals surface area contributed by atoms with Gasteiger partial charge in [-0.05, 0) is 51.2 Å². The smallest absolute Gasteiger partial charge is 0.337 e. The Hall–Kier alpha value is -2.08. The van der Waals surface area contributed by atoms with E-state index in [1.54, 1.807) is 24.3 Å². The van der Waals surface area contributed by atoms with E-state index in [4.69, 9.17) is 0 Å². The zero-order chi connectivity index (χ0) is 15.2. The van der Waals surface area contributed by atoms with Crippen molar-refractivity contribution in [2.24, 2.45) is 0 Å². The molecule has 1 aromatic rings. The SMILES string of the molecule is COC(=O)c1cccc(NC(=O)NC2CCN(C)CC2)c1. The number of urea groups is 1. The zero-order valence-corrected chi connectivity index (χ0v) is 12.4. The number of nitrogens with one attached hydrogen (secondary N) is 2. The molecular formula is C15H21N3O3. The van der Waals surface area contributed by atoms with Crippen molar-refractivity contribution in [1.82, 2.24) is 10.2 Å². The van der Waals surface area contributed by atoms with Gasteiger partial charge in [-0.25, -0.2) is 9.59 Å². The monoisotopic (exact) mass is 291 g/mol. The topological polar surface area (TPSA) is 70.7 Å². The molecule has 0 spiro atoms. The van der Waals surface area contributed by atoms with E-state index in [0.29, 0.717) is 11.3 Å². The highest BCUT2D eigenvalue weighted by molar-refractivity contribution is 5.93. The first-order valence-corrected chi connectivity index (χ1v) is 7.03. The Bertz CT molecular complexity index is 511. The minimum absolute atomic E-state index is 0.199. The summed E-state index contributed by atoms with van der Waals surface area (Å²) in [7, 11) is 3.41. The van der Waals surface area contributed by atoms with Crippen molar-refractivity contribution in [3.05, 3.63) is 29.8 Å². The molecule has 0 bridgehead atoms. The molecule has 1 aromatic carbocycles. The number of carbonyl (C=O) groups excluding carboxylic acids is 2. The summed E-state index contributed by atoms with van der Waals surface area (Å²) in [4.78, 5) is 25.7. The number of anilines is 1. The lowest BCUT2D eigenvalue weighted by Gasteiger charge is -2.29. The molecule has 1 aliphatic rings. The molecule has 114 valence electrons. The van der Waals surface area contributed by atoms with E-state index in [1.165, 1.54) is 7.11 Å². The van der Waals surface area contributed by atoms with Gasteiger partial charge in [-0.2, -0.15) is 0 Å². The molecule has 6 nitrogen and oxygen atoms in total. The summed E-state index contributed by atoms with van der Waals surface area (Å²) in [6, 6.07) is 6.64. The summed E-state index contributed by atoms with van der Waals surface area (Å²) >= 11 is 0. The largest absolute Gasteiger partial charge is 0.465 e. The normalized spacial score (nSPS) is 16.3. The van der Waals surface area contributed by atoms with Crippen LogP contribution in [0.4, 0.5) is 10.5 Å². The van der Waals surface area contributed by atoms with Gasteiger partial charge < -0.3 is 20.3 Å². The lowest BCUT2D eigenvalue weighted by Crippen LogP contribution is -2.44. The Morgan fingerprint density at radius 1 is 1.29 bits per heavy atom. The van der Waals surface area contributed by atoms with Gasteiger partial charge in [0.15, 0.2) is 0 Å². The number of hydrogen-bond acceptors (Lipinski definition) is 4. The number of benzene rings is 1. The van der Waals surface area contributed by atoms with Gasteiger partial charge in [0, 0.05) is 11.7 Å². The van der Waals surface area contributed by atoms with Crippen LogP contribution in [0.25, 0.3) is 0 Å². The Morgan fingerprint density at radius 2 is 2.00 bits per heavy atom. The number of ether oxygens (including phenoxy) is 1. The minimum atomic E-state index is -0.422. The molecule has 0 saturated carbocycles. The average Bonchev–Trinajstić information content (AvgIpc) is 2.49. The van der Waals surface area contributed by atoms with Crippen molar-refractivity contribution in [3.8, 4) is 0 Å². The van der Waals surface area contributed by atoms with Crippen molar-refractivity contribution in [2.45, 2.75) is 18.9 Å². The summed E-state index contributed by atoms with van der Waals surface area (Å²) in [5.41, 5.74) is 0.984. The first kappa shape index (κ1) is 15.3. The molecule has 2 N–H and O–H groups in total. The summed E-state index contributed by atoms with van der Waals surface area (Å²) in [6.45, 7) is 1.98. The number of piperidine rings is 1. The minimum Gasteiger partial charge on any atom is -0.465 e. The fourth-order valence-corrected chi connectivity index (χ4v) is 2.35. The number of carbonyl (C=O) groups is 2. The second-order valence-electron chi connectivity index (χ2n) is 5.25. The van der Waals surface area contributed by atoms with Crippen LogP contribution in [0.15, 0.2) is 24.3 Å². The van der Waals surface area contributed by atoms with Crippen LogP contribution in [0.1, 0.15) is 23.2 Å². The number of methoxy groups -OCH3 is 1. The number of nitrogens with zero attached hydrogens (tertiary/aromatic N) is 1. The van der Waals surface area contributed by atoms with E-state index in [-0.39, 0.29) is 12.1 Å². The standard InChI is InChI=1S/C15H21N3O3/c1-18-8-6-12(7-9-18)16-15(20)17-13-5-3-4-11(10-13)14(19)21-2/h3-5,10,12H,6-9H2,1-2H3,(H2,16,17,20). The Kier molecular flexibility index (Phi) is 5.16. The number of esters is 1. The van der Waals surface area contributed by atoms with Crippen molar-refractivity contribution < 1.29 is 14.3 Å². The third-order valence-electron chi connectivity index (χ3n) is 3.60. The van der Waals surface area contributed by atoms with Gasteiger partial charge in [0.2, 0.25) is 0 Å². The molecule has 2 amide bonds. The third kappa shape index (κ3) is 4.46. The van der Waals surface area contributed by atoms with Gasteiger partial charge in [0.1, 0.15) is 0 Å². The predicted octanol–water partition coefficient (Wildman–Crippen LogP) is 1.69. The summed E-state index contributed by atoms with van der Waals surface area (Å²) in [5, 5.41) is 5.71. The summed E-state index contributed by atoms with van der Waals surface area (Å²) in [5.74, 6) is -0.422. The fourth-order valence-electron chi connectivity index (χ4n) is 2.35. The van der Waals surface area contributed by atoms with Crippen LogP contribution in [-0.2, 0) is 4.74 Å². The van der Waals surface area contributed by atoms with E-state index in [1.807, 2.05) is 0 Å². The highest BCUT2D eigenvalue weighted by Crippen LogP contribution is 2.12. The number of likely N-dealkylation sites (tertiary alicyclic amines) is 1. The maximum atomic E-state index is 12.0.